The molecule has 1 aromatic heterocycles. The number of ether oxygens (including phenoxy) is 3. The monoisotopic (exact) mass is 420 g/mol. The first-order chi connectivity index (χ1) is 15.1. The summed E-state index contributed by atoms with van der Waals surface area (Å²) in [5.41, 5.74) is 1.44. The Bertz CT molecular complexity index is 1100. The molecule has 1 amide bonds. The number of nitrogens with zero attached hydrogens (tertiary/aromatic N) is 1. The van der Waals surface area contributed by atoms with Crippen LogP contribution in [0.2, 0.25) is 0 Å². The van der Waals surface area contributed by atoms with Gasteiger partial charge in [-0.3, -0.25) is 9.78 Å². The van der Waals surface area contributed by atoms with Gasteiger partial charge in [-0.2, -0.15) is 0 Å². The van der Waals surface area contributed by atoms with Crippen LogP contribution in [0.5, 0.6) is 23.0 Å². The second-order valence-electron chi connectivity index (χ2n) is 6.95. The van der Waals surface area contributed by atoms with Crippen molar-refractivity contribution >= 4 is 12.0 Å². The smallest absolute Gasteiger partial charge is 0.244 e. The van der Waals surface area contributed by atoms with Gasteiger partial charge in [-0.05, 0) is 60.5 Å². The summed E-state index contributed by atoms with van der Waals surface area (Å²) in [6, 6.07) is 13.2. The number of halogens is 1. The molecule has 6 nitrogen and oxygen atoms in total. The molecule has 2 heterocycles. The predicted octanol–water partition coefficient (Wildman–Crippen LogP) is 4.67. The van der Waals surface area contributed by atoms with Crippen molar-refractivity contribution in [2.75, 3.05) is 13.2 Å². The number of hydrogen-bond donors (Lipinski definition) is 1. The summed E-state index contributed by atoms with van der Waals surface area (Å²) in [6.45, 7) is 2.91. The van der Waals surface area contributed by atoms with Gasteiger partial charge in [0.2, 0.25) is 5.91 Å². The fourth-order valence-electron chi connectivity index (χ4n) is 3.08. The Balaban J connectivity index is 1.37. The number of amides is 1. The van der Waals surface area contributed by atoms with E-state index in [2.05, 4.69) is 10.3 Å². The van der Waals surface area contributed by atoms with Gasteiger partial charge in [-0.15, -0.1) is 0 Å². The van der Waals surface area contributed by atoms with Crippen LogP contribution in [0.3, 0.4) is 0 Å². The van der Waals surface area contributed by atoms with Crippen molar-refractivity contribution in [3.8, 4) is 23.0 Å². The molecule has 0 bridgehead atoms. The summed E-state index contributed by atoms with van der Waals surface area (Å²) in [4.78, 5) is 16.2. The van der Waals surface area contributed by atoms with Crippen molar-refractivity contribution < 1.29 is 23.4 Å². The molecule has 3 aromatic rings. The minimum absolute atomic E-state index is 0.0850. The van der Waals surface area contributed by atoms with Crippen LogP contribution >= 0.6 is 0 Å². The van der Waals surface area contributed by atoms with Gasteiger partial charge in [-0.25, -0.2) is 4.39 Å². The van der Waals surface area contributed by atoms with Crippen molar-refractivity contribution in [3.63, 3.8) is 0 Å². The van der Waals surface area contributed by atoms with Crippen molar-refractivity contribution in [1.82, 2.24) is 10.3 Å². The third kappa shape index (κ3) is 5.19. The Labute approximate surface area is 179 Å². The number of benzene rings is 2. The highest BCUT2D eigenvalue weighted by molar-refractivity contribution is 5.92. The Morgan fingerprint density at radius 3 is 2.77 bits per heavy atom. The van der Waals surface area contributed by atoms with Gasteiger partial charge in [0.1, 0.15) is 19.0 Å². The zero-order valence-corrected chi connectivity index (χ0v) is 16.9. The Morgan fingerprint density at radius 2 is 2.00 bits per heavy atom. The van der Waals surface area contributed by atoms with E-state index in [0.717, 1.165) is 5.56 Å². The fourth-order valence-corrected chi connectivity index (χ4v) is 3.08. The first kappa shape index (κ1) is 20.4. The normalized spacial score (nSPS) is 13.6. The molecule has 4 rings (SSSR count). The molecule has 7 heteroatoms. The Morgan fingerprint density at radius 1 is 1.16 bits per heavy atom. The van der Waals surface area contributed by atoms with Gasteiger partial charge in [0.25, 0.3) is 0 Å². The van der Waals surface area contributed by atoms with Crippen LogP contribution in [0.25, 0.3) is 6.08 Å². The molecule has 2 aromatic carbocycles. The van der Waals surface area contributed by atoms with E-state index in [0.29, 0.717) is 36.0 Å². The number of pyridine rings is 1. The summed E-state index contributed by atoms with van der Waals surface area (Å²) in [5, 5.41) is 2.88. The molecule has 1 unspecified atom stereocenters. The maximum atomic E-state index is 14.3. The molecule has 1 atom stereocenters. The Kier molecular flexibility index (Phi) is 6.12. The van der Waals surface area contributed by atoms with Gasteiger partial charge in [-0.1, -0.05) is 12.1 Å². The fraction of sp³-hybridized carbons (Fsp3) is 0.167. The Hall–Kier alpha value is -3.87. The van der Waals surface area contributed by atoms with Crippen molar-refractivity contribution in [2.45, 2.75) is 13.0 Å². The molecule has 0 saturated carbocycles. The van der Waals surface area contributed by atoms with Crippen LogP contribution in [-0.4, -0.2) is 24.1 Å². The summed E-state index contributed by atoms with van der Waals surface area (Å²) in [6.07, 6.45) is 6.02. The third-order valence-corrected chi connectivity index (χ3v) is 4.67. The summed E-state index contributed by atoms with van der Waals surface area (Å²) >= 11 is 0. The average Bonchev–Trinajstić information content (AvgIpc) is 2.79. The van der Waals surface area contributed by atoms with Gasteiger partial charge in [0.05, 0.1) is 12.2 Å². The zero-order valence-electron chi connectivity index (χ0n) is 16.9. The van der Waals surface area contributed by atoms with E-state index in [-0.39, 0.29) is 17.7 Å². The highest BCUT2D eigenvalue weighted by atomic mass is 19.1. The lowest BCUT2D eigenvalue weighted by Crippen LogP contribution is -2.25. The first-order valence-electron chi connectivity index (χ1n) is 9.84. The number of carbonyl (C=O) groups excluding carboxylic acids is 1. The lowest BCUT2D eigenvalue weighted by molar-refractivity contribution is -0.117. The SMILES string of the molecule is CC(NC(=O)/C=C/c1ccc(Oc2cccnc2)c(F)c1)c1ccc2c(c1)OCCO2. The van der Waals surface area contributed by atoms with Crippen molar-refractivity contribution in [1.29, 1.82) is 0 Å². The quantitative estimate of drug-likeness (QED) is 0.587. The van der Waals surface area contributed by atoms with E-state index in [4.69, 9.17) is 14.2 Å². The van der Waals surface area contributed by atoms with Gasteiger partial charge >= 0.3 is 0 Å². The minimum atomic E-state index is -0.531. The van der Waals surface area contributed by atoms with Crippen LogP contribution < -0.4 is 19.5 Å². The van der Waals surface area contributed by atoms with Crippen LogP contribution in [0, 0.1) is 5.82 Å². The van der Waals surface area contributed by atoms with Crippen LogP contribution in [-0.2, 0) is 4.79 Å². The molecule has 0 aliphatic carbocycles. The van der Waals surface area contributed by atoms with Gasteiger partial charge < -0.3 is 19.5 Å². The average molecular weight is 420 g/mol. The number of fused-ring (bicyclic) bond motifs is 1. The van der Waals surface area contributed by atoms with Crippen LogP contribution in [0.4, 0.5) is 4.39 Å². The van der Waals surface area contributed by atoms with E-state index in [9.17, 15) is 9.18 Å². The summed E-state index contributed by atoms with van der Waals surface area (Å²) in [5.74, 6) is 1.07. The standard InChI is InChI=1S/C24H21FN2O4/c1-16(18-6-8-22-23(14-18)30-12-11-29-22)27-24(28)9-5-17-4-7-21(20(25)13-17)31-19-3-2-10-26-15-19/h2-10,13-16H,11-12H2,1H3,(H,27,28)/b9-5+. The van der Waals surface area contributed by atoms with Crippen LogP contribution in [0.1, 0.15) is 24.1 Å². The second kappa shape index (κ2) is 9.30. The molecule has 0 spiro atoms. The van der Waals surface area contributed by atoms with Crippen LogP contribution in [0.15, 0.2) is 67.0 Å². The molecule has 0 radical (unpaired) electrons. The van der Waals surface area contributed by atoms with Crippen molar-refractivity contribution in [3.05, 3.63) is 83.9 Å². The van der Waals surface area contributed by atoms with E-state index >= 15 is 0 Å². The minimum Gasteiger partial charge on any atom is -0.486 e. The maximum absolute atomic E-state index is 14.3. The molecule has 1 aliphatic rings. The molecular weight excluding hydrogens is 399 g/mol. The lowest BCUT2D eigenvalue weighted by atomic mass is 10.1. The zero-order chi connectivity index (χ0) is 21.6. The number of hydrogen-bond acceptors (Lipinski definition) is 5. The topological polar surface area (TPSA) is 69.7 Å². The number of aromatic nitrogens is 1. The number of nitrogens with one attached hydrogen (secondary N) is 1. The summed E-state index contributed by atoms with van der Waals surface area (Å²) < 4.78 is 30.9. The molecule has 1 aliphatic heterocycles. The molecule has 1 N–H and O–H groups in total. The molecule has 0 saturated heterocycles. The largest absolute Gasteiger partial charge is 0.486 e. The molecule has 158 valence electrons. The third-order valence-electron chi connectivity index (χ3n) is 4.67. The highest BCUT2D eigenvalue weighted by Gasteiger charge is 2.15. The molecule has 31 heavy (non-hydrogen) atoms. The molecule has 0 fully saturated rings. The number of carbonyl (C=O) groups is 1. The molecular formula is C24H21FN2O4. The van der Waals surface area contributed by atoms with E-state index in [1.165, 1.54) is 24.4 Å². The number of rotatable bonds is 6. The highest BCUT2D eigenvalue weighted by Crippen LogP contribution is 2.32. The van der Waals surface area contributed by atoms with Crippen molar-refractivity contribution in [2.24, 2.45) is 0 Å². The lowest BCUT2D eigenvalue weighted by Gasteiger charge is -2.20. The predicted molar refractivity (Wildman–Crippen MR) is 114 cm³/mol. The van der Waals surface area contributed by atoms with E-state index in [1.54, 1.807) is 30.5 Å². The second-order valence-corrected chi connectivity index (χ2v) is 6.95. The van der Waals surface area contributed by atoms with E-state index in [1.807, 2.05) is 25.1 Å². The first-order valence-corrected chi connectivity index (χ1v) is 9.84. The maximum Gasteiger partial charge on any atom is 0.244 e. The van der Waals surface area contributed by atoms with E-state index < -0.39 is 5.82 Å². The van der Waals surface area contributed by atoms with Gasteiger partial charge in [0.15, 0.2) is 23.1 Å². The summed E-state index contributed by atoms with van der Waals surface area (Å²) in [7, 11) is 0. The van der Waals surface area contributed by atoms with Gasteiger partial charge in [0, 0.05) is 12.3 Å².